The normalized spacial score (nSPS) is 11.5. The van der Waals surface area contributed by atoms with Crippen LogP contribution in [0, 0.1) is 0 Å². The molecule has 1 aromatic heterocycles. The molecular formula is C15H16ClNO5S2. The summed E-state index contributed by atoms with van der Waals surface area (Å²) in [5, 5.41) is 2.07. The minimum atomic E-state index is -3.81. The number of methoxy groups -OCH3 is 1. The second-order valence-corrected chi connectivity index (χ2v) is 8.10. The molecule has 1 heterocycles. The molecule has 130 valence electrons. The number of carbonyl (C=O) groups is 1. The predicted octanol–water partition coefficient (Wildman–Crippen LogP) is 2.89. The zero-order valence-corrected chi connectivity index (χ0v) is 15.5. The van der Waals surface area contributed by atoms with Crippen molar-refractivity contribution in [3.05, 3.63) is 45.6 Å². The van der Waals surface area contributed by atoms with Crippen LogP contribution in [0.1, 0.15) is 9.67 Å². The fourth-order valence-corrected chi connectivity index (χ4v) is 4.52. The summed E-state index contributed by atoms with van der Waals surface area (Å²) in [5.74, 6) is -0.119. The van der Waals surface area contributed by atoms with Crippen molar-refractivity contribution in [2.24, 2.45) is 0 Å². The molecule has 0 unspecified atom stereocenters. The fourth-order valence-electron chi connectivity index (χ4n) is 1.88. The van der Waals surface area contributed by atoms with Gasteiger partial charge in [-0.3, -0.25) is 0 Å². The van der Waals surface area contributed by atoms with Crippen LogP contribution in [0.15, 0.2) is 40.6 Å². The molecule has 0 saturated heterocycles. The highest BCUT2D eigenvalue weighted by atomic mass is 35.5. The Labute approximate surface area is 149 Å². The van der Waals surface area contributed by atoms with Crippen LogP contribution in [0.3, 0.4) is 0 Å². The Hall–Kier alpha value is -1.61. The van der Waals surface area contributed by atoms with Gasteiger partial charge in [0.15, 0.2) is 0 Å². The Morgan fingerprint density at radius 3 is 2.75 bits per heavy atom. The zero-order valence-electron chi connectivity index (χ0n) is 13.1. The van der Waals surface area contributed by atoms with Gasteiger partial charge in [0.2, 0.25) is 10.0 Å². The Bertz CT molecular complexity index is 819. The molecule has 1 aromatic carbocycles. The first-order chi connectivity index (χ1) is 11.4. The van der Waals surface area contributed by atoms with Crippen molar-refractivity contribution in [1.82, 2.24) is 4.31 Å². The van der Waals surface area contributed by atoms with Crippen LogP contribution < -0.4 is 4.74 Å². The number of hydrogen-bond donors (Lipinski definition) is 0. The lowest BCUT2D eigenvalue weighted by Gasteiger charge is -2.17. The van der Waals surface area contributed by atoms with Gasteiger partial charge in [-0.05, 0) is 29.6 Å². The van der Waals surface area contributed by atoms with Gasteiger partial charge in [-0.2, -0.15) is 4.31 Å². The molecule has 0 aliphatic heterocycles. The van der Waals surface area contributed by atoms with Gasteiger partial charge in [-0.15, -0.1) is 11.3 Å². The third-order valence-electron chi connectivity index (χ3n) is 3.16. The molecule has 24 heavy (non-hydrogen) atoms. The molecule has 0 atom stereocenters. The molecule has 0 spiro atoms. The van der Waals surface area contributed by atoms with Crippen molar-refractivity contribution in [3.63, 3.8) is 0 Å². The summed E-state index contributed by atoms with van der Waals surface area (Å²) < 4.78 is 36.4. The molecule has 0 amide bonds. The number of carbonyl (C=O) groups excluding carboxylic acids is 1. The molecule has 0 radical (unpaired) electrons. The van der Waals surface area contributed by atoms with Crippen LogP contribution in [0.4, 0.5) is 0 Å². The third-order valence-corrected chi connectivity index (χ3v) is 6.32. The highest BCUT2D eigenvalue weighted by Crippen LogP contribution is 2.25. The molecule has 9 heteroatoms. The van der Waals surface area contributed by atoms with Crippen molar-refractivity contribution < 1.29 is 22.7 Å². The summed E-state index contributed by atoms with van der Waals surface area (Å²) in [4.78, 5) is 11.7. The van der Waals surface area contributed by atoms with E-state index in [1.807, 2.05) is 0 Å². The van der Waals surface area contributed by atoms with Crippen LogP contribution in [0.5, 0.6) is 5.75 Å². The van der Waals surface area contributed by atoms with E-state index in [9.17, 15) is 13.2 Å². The lowest BCUT2D eigenvalue weighted by atomic mass is 10.3. The van der Waals surface area contributed by atoms with Gasteiger partial charge in [-0.25, -0.2) is 13.2 Å². The summed E-state index contributed by atoms with van der Waals surface area (Å²) >= 11 is 6.88. The highest BCUT2D eigenvalue weighted by Gasteiger charge is 2.28. The molecule has 2 rings (SSSR count). The highest BCUT2D eigenvalue weighted by molar-refractivity contribution is 7.89. The maximum absolute atomic E-state index is 12.6. The summed E-state index contributed by atoms with van der Waals surface area (Å²) in [6.45, 7) is 0.263. The lowest BCUT2D eigenvalue weighted by Crippen LogP contribution is -2.31. The predicted molar refractivity (Wildman–Crippen MR) is 92.4 cm³/mol. The van der Waals surface area contributed by atoms with E-state index in [-0.39, 0.29) is 22.9 Å². The van der Waals surface area contributed by atoms with Crippen LogP contribution in [0.25, 0.3) is 0 Å². The molecule has 6 nitrogen and oxygen atoms in total. The Kier molecular flexibility index (Phi) is 6.22. The average molecular weight is 390 g/mol. The van der Waals surface area contributed by atoms with Crippen molar-refractivity contribution in [2.75, 3.05) is 27.3 Å². The van der Waals surface area contributed by atoms with E-state index in [4.69, 9.17) is 16.3 Å². The van der Waals surface area contributed by atoms with E-state index < -0.39 is 16.0 Å². The fraction of sp³-hybridized carbons (Fsp3) is 0.267. The minimum Gasteiger partial charge on any atom is -0.492 e. The average Bonchev–Trinajstić information content (AvgIpc) is 3.04. The van der Waals surface area contributed by atoms with Crippen LogP contribution >= 0.6 is 22.9 Å². The monoisotopic (exact) mass is 389 g/mol. The zero-order chi connectivity index (χ0) is 17.7. The first-order valence-corrected chi connectivity index (χ1v) is 9.56. The number of halogens is 1. The number of hydrogen-bond acceptors (Lipinski definition) is 6. The van der Waals surface area contributed by atoms with Crippen molar-refractivity contribution in [2.45, 2.75) is 4.90 Å². The van der Waals surface area contributed by atoms with Gasteiger partial charge in [0.05, 0.1) is 7.11 Å². The number of likely N-dealkylation sites (N-methyl/N-ethyl adjacent to an activating group) is 1. The van der Waals surface area contributed by atoms with Gasteiger partial charge >= 0.3 is 5.97 Å². The second kappa shape index (κ2) is 7.98. The van der Waals surface area contributed by atoms with Crippen molar-refractivity contribution in [1.29, 1.82) is 0 Å². The summed E-state index contributed by atoms with van der Waals surface area (Å²) in [7, 11) is -1.17. The summed E-state index contributed by atoms with van der Waals surface area (Å²) in [6, 6.07) is 8.22. The topological polar surface area (TPSA) is 72.9 Å². The van der Waals surface area contributed by atoms with E-state index in [0.29, 0.717) is 10.8 Å². The second-order valence-electron chi connectivity index (χ2n) is 4.74. The Morgan fingerprint density at radius 2 is 2.08 bits per heavy atom. The molecule has 0 fully saturated rings. The van der Waals surface area contributed by atoms with Gasteiger partial charge < -0.3 is 9.47 Å². The van der Waals surface area contributed by atoms with Crippen molar-refractivity contribution in [3.8, 4) is 5.75 Å². The van der Waals surface area contributed by atoms with Gasteiger partial charge in [0.25, 0.3) is 0 Å². The summed E-state index contributed by atoms with van der Waals surface area (Å²) in [6.07, 6.45) is 0. The number of esters is 1. The van der Waals surface area contributed by atoms with Gasteiger partial charge in [-0.1, -0.05) is 17.7 Å². The SMILES string of the molecule is COC(=O)c1sccc1S(=O)(=O)N(C)CCOc1cccc(Cl)c1. The molecule has 0 aliphatic rings. The molecular weight excluding hydrogens is 374 g/mol. The van der Waals surface area contributed by atoms with Crippen LogP contribution in [-0.2, 0) is 14.8 Å². The van der Waals surface area contributed by atoms with Gasteiger partial charge in [0, 0.05) is 18.6 Å². The first-order valence-electron chi connectivity index (χ1n) is 6.86. The number of thiophene rings is 1. The summed E-state index contributed by atoms with van der Waals surface area (Å²) in [5.41, 5.74) is 0. The van der Waals surface area contributed by atoms with E-state index >= 15 is 0 Å². The number of sulfonamides is 1. The maximum Gasteiger partial charge on any atom is 0.349 e. The largest absolute Gasteiger partial charge is 0.492 e. The lowest BCUT2D eigenvalue weighted by molar-refractivity contribution is 0.0602. The quantitative estimate of drug-likeness (QED) is 0.681. The number of nitrogens with zero attached hydrogens (tertiary/aromatic N) is 1. The standard InChI is InChI=1S/C15H16ClNO5S2/c1-17(7-8-22-12-5-3-4-11(16)10-12)24(19,20)13-6-9-23-14(13)15(18)21-2/h3-6,9-10H,7-8H2,1-2H3. The van der Waals surface area contributed by atoms with Crippen molar-refractivity contribution >= 4 is 38.9 Å². The van der Waals surface area contributed by atoms with E-state index in [0.717, 1.165) is 15.6 Å². The third kappa shape index (κ3) is 4.27. The number of ether oxygens (including phenoxy) is 2. The van der Waals surface area contributed by atoms with Gasteiger partial charge in [0.1, 0.15) is 22.1 Å². The molecule has 0 bridgehead atoms. The molecule has 0 N–H and O–H groups in total. The first kappa shape index (κ1) is 18.7. The van der Waals surface area contributed by atoms with Crippen LogP contribution in [0.2, 0.25) is 5.02 Å². The Morgan fingerprint density at radius 1 is 1.33 bits per heavy atom. The van der Waals surface area contributed by atoms with E-state index in [2.05, 4.69) is 4.74 Å². The molecule has 2 aromatic rings. The molecule has 0 aliphatic carbocycles. The number of rotatable bonds is 7. The maximum atomic E-state index is 12.6. The minimum absolute atomic E-state index is 0.0557. The Balaban J connectivity index is 2.04. The number of benzene rings is 1. The van der Waals surface area contributed by atoms with Crippen LogP contribution in [-0.4, -0.2) is 46.0 Å². The smallest absolute Gasteiger partial charge is 0.349 e. The molecule has 0 saturated carbocycles. The van der Waals surface area contributed by atoms with E-state index in [1.54, 1.807) is 24.3 Å². The van der Waals surface area contributed by atoms with E-state index in [1.165, 1.54) is 25.6 Å².